The molecule has 1 aliphatic carbocycles. The minimum Gasteiger partial charge on any atom is -0.496 e. The molecule has 1 fully saturated rings. The molecule has 7 heteroatoms. The summed E-state index contributed by atoms with van der Waals surface area (Å²) in [5.41, 5.74) is 1.66. The lowest BCUT2D eigenvalue weighted by Gasteiger charge is -2.30. The van der Waals surface area contributed by atoms with Gasteiger partial charge >= 0.3 is 0 Å². The fourth-order valence-corrected chi connectivity index (χ4v) is 4.10. The van der Waals surface area contributed by atoms with Gasteiger partial charge < -0.3 is 9.64 Å². The van der Waals surface area contributed by atoms with E-state index in [1.54, 1.807) is 32.4 Å². The van der Waals surface area contributed by atoms with Crippen molar-refractivity contribution in [3.8, 4) is 5.75 Å². The summed E-state index contributed by atoms with van der Waals surface area (Å²) in [7, 11) is 3.22. The predicted molar refractivity (Wildman–Crippen MR) is 115 cm³/mol. The number of hydrogen-bond acceptors (Lipinski definition) is 4. The second kappa shape index (κ2) is 8.88. The fraction of sp³-hybridized carbons (Fsp3) is 0.375. The van der Waals surface area contributed by atoms with E-state index in [2.05, 4.69) is 5.10 Å². The molecule has 6 nitrogen and oxygen atoms in total. The number of carbonyl (C=O) groups excluding carboxylic acids is 2. The third-order valence-corrected chi connectivity index (χ3v) is 6.05. The van der Waals surface area contributed by atoms with Crippen LogP contribution in [0.5, 0.6) is 5.75 Å². The van der Waals surface area contributed by atoms with E-state index in [1.807, 2.05) is 24.3 Å². The van der Waals surface area contributed by atoms with Gasteiger partial charge in [-0.1, -0.05) is 42.8 Å². The third-order valence-electron chi connectivity index (χ3n) is 6.05. The number of carbonyl (C=O) groups is 2. The average Bonchev–Trinajstić information content (AvgIpc) is 3.17. The van der Waals surface area contributed by atoms with E-state index in [0.29, 0.717) is 23.4 Å². The average molecular weight is 423 g/mol. The number of hydrogen-bond donors (Lipinski definition) is 0. The molecule has 0 saturated heterocycles. The predicted octanol–water partition coefficient (Wildman–Crippen LogP) is 3.77. The van der Waals surface area contributed by atoms with Crippen molar-refractivity contribution in [1.29, 1.82) is 0 Å². The van der Waals surface area contributed by atoms with Gasteiger partial charge in [0.05, 0.1) is 18.9 Å². The van der Waals surface area contributed by atoms with E-state index in [0.717, 1.165) is 24.8 Å². The molecule has 2 aromatic carbocycles. The van der Waals surface area contributed by atoms with Gasteiger partial charge in [0.1, 0.15) is 18.1 Å². The van der Waals surface area contributed by atoms with E-state index >= 15 is 0 Å². The number of likely N-dealkylation sites (N-methyl/N-ethyl adjacent to an activating group) is 1. The molecule has 1 heterocycles. The number of amides is 2. The van der Waals surface area contributed by atoms with Crippen LogP contribution in [-0.2, 0) is 9.59 Å². The summed E-state index contributed by atoms with van der Waals surface area (Å²) in [5.74, 6) is -0.0528. The molecule has 2 aromatic rings. The van der Waals surface area contributed by atoms with Crippen molar-refractivity contribution >= 4 is 17.5 Å². The largest absolute Gasteiger partial charge is 0.496 e. The van der Waals surface area contributed by atoms with Gasteiger partial charge in [-0.25, -0.2) is 9.40 Å². The second-order valence-electron chi connectivity index (χ2n) is 8.05. The second-order valence-corrected chi connectivity index (χ2v) is 8.05. The van der Waals surface area contributed by atoms with Crippen LogP contribution in [0.2, 0.25) is 0 Å². The molecule has 162 valence electrons. The summed E-state index contributed by atoms with van der Waals surface area (Å²) < 4.78 is 19.9. The summed E-state index contributed by atoms with van der Waals surface area (Å²) >= 11 is 0. The number of ether oxygens (including phenoxy) is 1. The van der Waals surface area contributed by atoms with Crippen LogP contribution in [0.15, 0.2) is 53.6 Å². The van der Waals surface area contributed by atoms with Crippen LogP contribution in [0, 0.1) is 11.7 Å². The standard InChI is InChI=1S/C24H26FN3O3/c1-27(24(30)16-8-7-9-16)15-23(29)28-21(18-11-4-6-13-22(18)31-2)14-20(26-28)17-10-3-5-12-19(17)25/h3-6,10-13,16,21H,7-9,14-15H2,1-2H3. The van der Waals surface area contributed by atoms with Crippen molar-refractivity contribution < 1.29 is 18.7 Å². The number of methoxy groups -OCH3 is 1. The first-order valence-corrected chi connectivity index (χ1v) is 10.5. The van der Waals surface area contributed by atoms with Crippen molar-refractivity contribution in [2.24, 2.45) is 11.0 Å². The number of rotatable bonds is 6. The molecule has 0 spiro atoms. The molecule has 2 aliphatic rings. The Kier molecular flexibility index (Phi) is 6.02. The monoisotopic (exact) mass is 423 g/mol. The van der Waals surface area contributed by atoms with E-state index in [9.17, 15) is 14.0 Å². The Labute approximate surface area is 181 Å². The lowest BCUT2D eigenvalue weighted by atomic mass is 9.84. The maximum absolute atomic E-state index is 14.4. The molecule has 0 bridgehead atoms. The smallest absolute Gasteiger partial charge is 0.262 e. The number of benzene rings is 2. The first-order valence-electron chi connectivity index (χ1n) is 10.5. The Bertz CT molecular complexity index is 1020. The summed E-state index contributed by atoms with van der Waals surface area (Å²) in [6, 6.07) is 13.4. The minimum absolute atomic E-state index is 0.00838. The minimum atomic E-state index is -0.439. The summed E-state index contributed by atoms with van der Waals surface area (Å²) in [6.45, 7) is -0.0744. The van der Waals surface area contributed by atoms with Crippen molar-refractivity contribution in [3.63, 3.8) is 0 Å². The van der Waals surface area contributed by atoms with Crippen LogP contribution in [-0.4, -0.2) is 48.1 Å². The zero-order valence-electron chi connectivity index (χ0n) is 17.8. The van der Waals surface area contributed by atoms with Gasteiger partial charge in [0.2, 0.25) is 5.91 Å². The van der Waals surface area contributed by atoms with Crippen LogP contribution in [0.3, 0.4) is 0 Å². The highest BCUT2D eigenvalue weighted by atomic mass is 19.1. The van der Waals surface area contributed by atoms with Gasteiger partial charge in [-0.15, -0.1) is 0 Å². The Balaban J connectivity index is 1.63. The maximum Gasteiger partial charge on any atom is 0.262 e. The van der Waals surface area contributed by atoms with Gasteiger partial charge in [-0.05, 0) is 25.0 Å². The van der Waals surface area contributed by atoms with Gasteiger partial charge in [0.15, 0.2) is 0 Å². The Hall–Kier alpha value is -3.22. The molecular weight excluding hydrogens is 397 g/mol. The van der Waals surface area contributed by atoms with Crippen LogP contribution >= 0.6 is 0 Å². The zero-order chi connectivity index (χ0) is 22.0. The van der Waals surface area contributed by atoms with Crippen LogP contribution in [0.1, 0.15) is 42.9 Å². The van der Waals surface area contributed by atoms with Crippen LogP contribution < -0.4 is 4.74 Å². The first kappa shape index (κ1) is 21.0. The molecule has 0 aromatic heterocycles. The highest BCUT2D eigenvalue weighted by Crippen LogP contribution is 2.38. The van der Waals surface area contributed by atoms with Gasteiger partial charge in [0, 0.05) is 30.5 Å². The molecule has 0 N–H and O–H groups in total. The lowest BCUT2D eigenvalue weighted by molar-refractivity contribution is -0.144. The highest BCUT2D eigenvalue weighted by Gasteiger charge is 2.37. The van der Waals surface area contributed by atoms with Crippen molar-refractivity contribution in [2.45, 2.75) is 31.7 Å². The first-order chi connectivity index (χ1) is 15.0. The molecule has 2 amide bonds. The maximum atomic E-state index is 14.4. The topological polar surface area (TPSA) is 62.2 Å². The summed E-state index contributed by atoms with van der Waals surface area (Å²) in [5, 5.41) is 5.89. The SMILES string of the molecule is COc1ccccc1C1CC(c2ccccc2F)=NN1C(=O)CN(C)C(=O)C1CCC1. The Morgan fingerprint density at radius 2 is 1.87 bits per heavy atom. The van der Waals surface area contributed by atoms with Gasteiger partial charge in [-0.3, -0.25) is 9.59 Å². The van der Waals surface area contributed by atoms with E-state index in [-0.39, 0.29) is 30.1 Å². The van der Waals surface area contributed by atoms with Crippen molar-refractivity contribution in [1.82, 2.24) is 9.91 Å². The number of nitrogens with zero attached hydrogens (tertiary/aromatic N) is 3. The number of halogens is 1. The number of hydrazone groups is 1. The van der Waals surface area contributed by atoms with E-state index in [1.165, 1.54) is 16.0 Å². The quantitative estimate of drug-likeness (QED) is 0.711. The highest BCUT2D eigenvalue weighted by molar-refractivity contribution is 6.03. The Morgan fingerprint density at radius 1 is 1.16 bits per heavy atom. The van der Waals surface area contributed by atoms with Crippen molar-refractivity contribution in [2.75, 3.05) is 20.7 Å². The molecule has 1 saturated carbocycles. The zero-order valence-corrected chi connectivity index (χ0v) is 17.8. The third kappa shape index (κ3) is 4.17. The number of para-hydroxylation sites is 1. The normalized spacial score (nSPS) is 18.4. The molecule has 4 rings (SSSR count). The lowest BCUT2D eigenvalue weighted by Crippen LogP contribution is -2.42. The molecule has 1 aliphatic heterocycles. The Morgan fingerprint density at radius 3 is 2.55 bits per heavy atom. The fourth-order valence-electron chi connectivity index (χ4n) is 4.10. The molecule has 1 unspecified atom stereocenters. The molecule has 31 heavy (non-hydrogen) atoms. The van der Waals surface area contributed by atoms with E-state index < -0.39 is 6.04 Å². The summed E-state index contributed by atoms with van der Waals surface area (Å²) in [6.07, 6.45) is 3.16. The van der Waals surface area contributed by atoms with Gasteiger partial charge in [0.25, 0.3) is 5.91 Å². The van der Waals surface area contributed by atoms with E-state index in [4.69, 9.17) is 4.74 Å². The van der Waals surface area contributed by atoms with Crippen LogP contribution in [0.4, 0.5) is 4.39 Å². The molecule has 0 radical (unpaired) electrons. The van der Waals surface area contributed by atoms with Crippen LogP contribution in [0.25, 0.3) is 0 Å². The summed E-state index contributed by atoms with van der Waals surface area (Å²) in [4.78, 5) is 27.2. The molecule has 1 atom stereocenters. The van der Waals surface area contributed by atoms with Crippen molar-refractivity contribution in [3.05, 3.63) is 65.5 Å². The van der Waals surface area contributed by atoms with Gasteiger partial charge in [-0.2, -0.15) is 5.10 Å². The molecular formula is C24H26FN3O3.